The minimum absolute atomic E-state index is 0.125. The Balaban J connectivity index is 2.02. The lowest BCUT2D eigenvalue weighted by Crippen LogP contribution is -2.05. The molecule has 0 radical (unpaired) electrons. The highest BCUT2D eigenvalue weighted by Crippen LogP contribution is 2.35. The van der Waals surface area contributed by atoms with E-state index in [1.807, 2.05) is 0 Å². The van der Waals surface area contributed by atoms with Crippen molar-refractivity contribution in [1.29, 1.82) is 0 Å². The van der Waals surface area contributed by atoms with E-state index in [1.165, 1.54) is 37.4 Å². The summed E-state index contributed by atoms with van der Waals surface area (Å²) in [4.78, 5) is 16.6. The van der Waals surface area contributed by atoms with Gasteiger partial charge in [-0.15, -0.1) is 0 Å². The molecule has 8 heteroatoms. The van der Waals surface area contributed by atoms with Gasteiger partial charge in [0, 0.05) is 18.0 Å². The van der Waals surface area contributed by atoms with Gasteiger partial charge < -0.3 is 0 Å². The Labute approximate surface area is 172 Å². The quantitative estimate of drug-likeness (QED) is 0.461. The molecule has 0 saturated carbocycles. The van der Waals surface area contributed by atoms with Crippen molar-refractivity contribution < 1.29 is 17.6 Å². The van der Waals surface area contributed by atoms with Gasteiger partial charge in [0.15, 0.2) is 21.3 Å². The van der Waals surface area contributed by atoms with Crippen molar-refractivity contribution in [2.45, 2.75) is 18.7 Å². The van der Waals surface area contributed by atoms with E-state index < -0.39 is 9.84 Å². The summed E-state index contributed by atoms with van der Waals surface area (Å²) in [6.07, 6.45) is 2.66. The number of hydrogen-bond acceptors (Lipinski definition) is 5. The first-order chi connectivity index (χ1) is 14.2. The summed E-state index contributed by atoms with van der Waals surface area (Å²) in [7, 11) is -3.33. The smallest absolute Gasteiger partial charge is 0.175 e. The molecule has 0 aliphatic heterocycles. The minimum Gasteiger partial charge on any atom is -0.294 e. The average molecular weight is 423 g/mol. The van der Waals surface area contributed by atoms with Crippen LogP contribution >= 0.6 is 0 Å². The van der Waals surface area contributed by atoms with Gasteiger partial charge in [0.25, 0.3) is 0 Å². The Hall–Kier alpha value is -3.39. The monoisotopic (exact) mass is 423 g/mol. The highest BCUT2D eigenvalue weighted by atomic mass is 32.2. The van der Waals surface area contributed by atoms with Gasteiger partial charge in [-0.3, -0.25) is 4.79 Å². The summed E-state index contributed by atoms with van der Waals surface area (Å²) in [6.45, 7) is 3.24. The van der Waals surface area contributed by atoms with Crippen LogP contribution in [0.4, 0.5) is 4.39 Å². The van der Waals surface area contributed by atoms with Gasteiger partial charge in [-0.05, 0) is 43.7 Å². The number of sulfone groups is 1. The van der Waals surface area contributed by atoms with Gasteiger partial charge in [-0.1, -0.05) is 24.3 Å². The highest BCUT2D eigenvalue weighted by Gasteiger charge is 2.21. The maximum absolute atomic E-state index is 13.5. The highest BCUT2D eigenvalue weighted by molar-refractivity contribution is 7.90. The van der Waals surface area contributed by atoms with Gasteiger partial charge in [-0.2, -0.15) is 5.10 Å². The van der Waals surface area contributed by atoms with Crippen LogP contribution in [0.15, 0.2) is 59.6 Å². The SMILES string of the molecule is CC(=O)c1cnc2c(-c3ccc(F)cc3)c(-c3ccc(S(C)(=O)=O)cc3)nn2c1C. The predicted octanol–water partition coefficient (Wildman–Crippen LogP) is 4.12. The minimum atomic E-state index is -3.33. The molecule has 30 heavy (non-hydrogen) atoms. The summed E-state index contributed by atoms with van der Waals surface area (Å²) in [6, 6.07) is 12.4. The zero-order valence-corrected chi connectivity index (χ0v) is 17.4. The Morgan fingerprint density at radius 3 is 2.17 bits per heavy atom. The largest absolute Gasteiger partial charge is 0.294 e. The fraction of sp³-hybridized carbons (Fsp3) is 0.136. The van der Waals surface area contributed by atoms with Crippen LogP contribution in [-0.4, -0.2) is 35.1 Å². The van der Waals surface area contributed by atoms with Crippen LogP contribution in [0.2, 0.25) is 0 Å². The molecule has 2 aromatic carbocycles. The second-order valence-electron chi connectivity index (χ2n) is 7.08. The summed E-state index contributed by atoms with van der Waals surface area (Å²) < 4.78 is 38.7. The first-order valence-corrected chi connectivity index (χ1v) is 11.0. The molecule has 2 aromatic heterocycles. The van der Waals surface area contributed by atoms with Crippen molar-refractivity contribution in [3.63, 3.8) is 0 Å². The molecule has 0 unspecified atom stereocenters. The molecule has 0 amide bonds. The van der Waals surface area contributed by atoms with E-state index in [-0.39, 0.29) is 16.5 Å². The zero-order valence-electron chi connectivity index (χ0n) is 16.5. The lowest BCUT2D eigenvalue weighted by Gasteiger charge is -2.06. The summed E-state index contributed by atoms with van der Waals surface area (Å²) in [5.41, 5.74) is 4.21. The molecule has 0 saturated heterocycles. The maximum atomic E-state index is 13.5. The molecule has 4 rings (SSSR count). The van der Waals surface area contributed by atoms with Gasteiger partial charge in [0.1, 0.15) is 11.5 Å². The molecule has 0 spiro atoms. The second kappa shape index (κ2) is 7.14. The number of fused-ring (bicyclic) bond motifs is 1. The third-order valence-electron chi connectivity index (χ3n) is 4.95. The standard InChI is InChI=1S/C22H18FN3O3S/c1-13-19(14(2)27)12-24-22-20(15-4-8-17(23)9-5-15)21(25-26(13)22)16-6-10-18(11-7-16)30(3,28)29/h4-12H,1-3H3. The molecular formula is C22H18FN3O3S. The van der Waals surface area contributed by atoms with Crippen LogP contribution in [0.1, 0.15) is 23.0 Å². The number of aryl methyl sites for hydroxylation is 1. The molecule has 2 heterocycles. The third kappa shape index (κ3) is 3.39. The van der Waals surface area contributed by atoms with Gasteiger partial charge in [0.05, 0.1) is 21.7 Å². The topological polar surface area (TPSA) is 81.4 Å². The van der Waals surface area contributed by atoms with E-state index in [2.05, 4.69) is 10.1 Å². The first-order valence-electron chi connectivity index (χ1n) is 9.12. The molecule has 0 atom stereocenters. The van der Waals surface area contributed by atoms with Gasteiger partial charge in [-0.25, -0.2) is 22.3 Å². The van der Waals surface area contributed by atoms with Crippen LogP contribution in [0, 0.1) is 12.7 Å². The summed E-state index contributed by atoms with van der Waals surface area (Å²) in [5, 5.41) is 4.67. The molecular weight excluding hydrogens is 405 g/mol. The molecule has 0 fully saturated rings. The number of hydrogen-bond donors (Lipinski definition) is 0. The first kappa shape index (κ1) is 19.9. The van der Waals surface area contributed by atoms with E-state index in [9.17, 15) is 17.6 Å². The van der Waals surface area contributed by atoms with Crippen molar-refractivity contribution >= 4 is 21.3 Å². The molecule has 6 nitrogen and oxygen atoms in total. The molecule has 0 aliphatic carbocycles. The summed E-state index contributed by atoms with van der Waals surface area (Å²) in [5.74, 6) is -0.489. The fourth-order valence-corrected chi connectivity index (χ4v) is 4.02. The van der Waals surface area contributed by atoms with Crippen LogP contribution in [0.3, 0.4) is 0 Å². The number of nitrogens with zero attached hydrogens (tertiary/aromatic N) is 3. The summed E-state index contributed by atoms with van der Waals surface area (Å²) >= 11 is 0. The number of carbonyl (C=O) groups excluding carboxylic acids is 1. The molecule has 4 aromatic rings. The van der Waals surface area contributed by atoms with E-state index in [0.717, 1.165) is 6.26 Å². The van der Waals surface area contributed by atoms with Crippen molar-refractivity contribution in [1.82, 2.24) is 14.6 Å². The van der Waals surface area contributed by atoms with Crippen molar-refractivity contribution in [3.8, 4) is 22.4 Å². The fourth-order valence-electron chi connectivity index (χ4n) is 3.39. The number of Topliss-reactive ketones (excluding diaryl/α,β-unsaturated/α-hetero) is 1. The number of ketones is 1. The molecule has 0 N–H and O–H groups in total. The number of aromatic nitrogens is 3. The Kier molecular flexibility index (Phi) is 4.74. The van der Waals surface area contributed by atoms with Crippen LogP contribution < -0.4 is 0 Å². The maximum Gasteiger partial charge on any atom is 0.175 e. The third-order valence-corrected chi connectivity index (χ3v) is 6.08. The Morgan fingerprint density at radius 2 is 1.60 bits per heavy atom. The van der Waals surface area contributed by atoms with Crippen molar-refractivity contribution in [2.24, 2.45) is 0 Å². The van der Waals surface area contributed by atoms with Crippen LogP contribution in [0.25, 0.3) is 28.0 Å². The number of benzene rings is 2. The molecule has 0 bridgehead atoms. The normalized spacial score (nSPS) is 11.7. The van der Waals surface area contributed by atoms with Crippen LogP contribution in [-0.2, 0) is 9.84 Å². The van der Waals surface area contributed by atoms with E-state index in [0.29, 0.717) is 39.3 Å². The van der Waals surface area contributed by atoms with Crippen molar-refractivity contribution in [2.75, 3.05) is 6.26 Å². The lowest BCUT2D eigenvalue weighted by molar-refractivity contribution is 0.101. The second-order valence-corrected chi connectivity index (χ2v) is 9.09. The van der Waals surface area contributed by atoms with E-state index in [1.54, 1.807) is 35.7 Å². The molecule has 0 aliphatic rings. The number of halogens is 1. The Morgan fingerprint density at radius 1 is 1.00 bits per heavy atom. The van der Waals surface area contributed by atoms with Gasteiger partial charge >= 0.3 is 0 Å². The lowest BCUT2D eigenvalue weighted by atomic mass is 10.0. The number of rotatable bonds is 4. The molecule has 152 valence electrons. The Bertz CT molecular complexity index is 1390. The van der Waals surface area contributed by atoms with E-state index in [4.69, 9.17) is 0 Å². The van der Waals surface area contributed by atoms with Gasteiger partial charge in [0.2, 0.25) is 0 Å². The van der Waals surface area contributed by atoms with E-state index >= 15 is 0 Å². The average Bonchev–Trinajstić information content (AvgIpc) is 3.08. The zero-order chi connectivity index (χ0) is 21.6. The number of carbonyl (C=O) groups is 1. The predicted molar refractivity (Wildman–Crippen MR) is 112 cm³/mol. The van der Waals surface area contributed by atoms with Crippen molar-refractivity contribution in [3.05, 3.63) is 71.8 Å². The van der Waals surface area contributed by atoms with Crippen LogP contribution in [0.5, 0.6) is 0 Å².